The monoisotopic (exact) mass is 417 g/mol. The van der Waals surface area contributed by atoms with E-state index in [1.165, 1.54) is 12.1 Å². The molecular formula is C26H24FNO3. The van der Waals surface area contributed by atoms with Gasteiger partial charge in [-0.3, -0.25) is 9.59 Å². The SMILES string of the molecule is COc1ccccc1N1CC[C@@](Cc2ccc(F)cc2)(C(=O)c2ccc(C)cc2)C1=O. The first-order valence-electron chi connectivity index (χ1n) is 10.3. The van der Waals surface area contributed by atoms with Crippen LogP contribution >= 0.6 is 0 Å². The molecule has 0 unspecified atom stereocenters. The molecule has 4 rings (SSSR count). The third-order valence-electron chi connectivity index (χ3n) is 5.96. The summed E-state index contributed by atoms with van der Waals surface area (Å²) >= 11 is 0. The number of hydrogen-bond acceptors (Lipinski definition) is 3. The highest BCUT2D eigenvalue weighted by Crippen LogP contribution is 2.43. The predicted octanol–water partition coefficient (Wildman–Crippen LogP) is 4.99. The number of hydrogen-bond donors (Lipinski definition) is 0. The van der Waals surface area contributed by atoms with E-state index in [1.54, 1.807) is 42.3 Å². The molecule has 3 aromatic carbocycles. The summed E-state index contributed by atoms with van der Waals surface area (Å²) in [7, 11) is 1.56. The zero-order chi connectivity index (χ0) is 22.0. The fourth-order valence-corrected chi connectivity index (χ4v) is 4.24. The number of amides is 1. The summed E-state index contributed by atoms with van der Waals surface area (Å²) in [6, 6.07) is 20.6. The molecule has 1 amide bonds. The Balaban J connectivity index is 1.77. The Morgan fingerprint density at radius 1 is 1.03 bits per heavy atom. The van der Waals surface area contributed by atoms with Crippen LogP contribution in [0.1, 0.15) is 27.9 Å². The Bertz CT molecular complexity index is 1110. The van der Waals surface area contributed by atoms with E-state index in [0.717, 1.165) is 11.1 Å². The van der Waals surface area contributed by atoms with Gasteiger partial charge in [0.1, 0.15) is 17.0 Å². The van der Waals surface area contributed by atoms with Crippen LogP contribution < -0.4 is 9.64 Å². The molecule has 4 nitrogen and oxygen atoms in total. The summed E-state index contributed by atoms with van der Waals surface area (Å²) in [5, 5.41) is 0. The van der Waals surface area contributed by atoms with Crippen LogP contribution in [-0.2, 0) is 11.2 Å². The van der Waals surface area contributed by atoms with E-state index in [1.807, 2.05) is 37.3 Å². The molecule has 5 heteroatoms. The maximum atomic E-state index is 13.8. The van der Waals surface area contributed by atoms with Crippen LogP contribution in [0.5, 0.6) is 5.75 Å². The van der Waals surface area contributed by atoms with Crippen LogP contribution in [0, 0.1) is 18.2 Å². The molecule has 1 aliphatic heterocycles. The van der Waals surface area contributed by atoms with Gasteiger partial charge in [-0.25, -0.2) is 4.39 Å². The Labute approximate surface area is 181 Å². The van der Waals surface area contributed by atoms with E-state index in [-0.39, 0.29) is 23.9 Å². The number of halogens is 1. The number of Topliss-reactive ketones (excluding diaryl/α,β-unsaturated/α-hetero) is 1. The van der Waals surface area contributed by atoms with Crippen molar-refractivity contribution in [3.63, 3.8) is 0 Å². The number of ether oxygens (including phenoxy) is 1. The molecule has 0 bridgehead atoms. The highest BCUT2D eigenvalue weighted by Gasteiger charge is 2.53. The van der Waals surface area contributed by atoms with Gasteiger partial charge in [0.15, 0.2) is 5.78 Å². The number of anilines is 1. The van der Waals surface area contributed by atoms with Crippen molar-refractivity contribution in [2.75, 3.05) is 18.6 Å². The summed E-state index contributed by atoms with van der Waals surface area (Å²) in [5.74, 6) is -0.238. The van der Waals surface area contributed by atoms with Gasteiger partial charge in [-0.05, 0) is 49.6 Å². The largest absolute Gasteiger partial charge is 0.495 e. The average molecular weight is 417 g/mol. The van der Waals surface area contributed by atoms with Crippen molar-refractivity contribution in [3.05, 3.63) is 95.3 Å². The predicted molar refractivity (Wildman–Crippen MR) is 118 cm³/mol. The molecule has 31 heavy (non-hydrogen) atoms. The quantitative estimate of drug-likeness (QED) is 0.419. The molecule has 1 saturated heterocycles. The number of carbonyl (C=O) groups is 2. The van der Waals surface area contributed by atoms with Gasteiger partial charge in [-0.2, -0.15) is 0 Å². The summed E-state index contributed by atoms with van der Waals surface area (Å²) < 4.78 is 18.9. The normalized spacial score (nSPS) is 18.3. The van der Waals surface area contributed by atoms with Gasteiger partial charge in [0.05, 0.1) is 12.8 Å². The molecule has 1 heterocycles. The molecule has 0 saturated carbocycles. The van der Waals surface area contributed by atoms with Crippen molar-refractivity contribution < 1.29 is 18.7 Å². The average Bonchev–Trinajstić information content (AvgIpc) is 3.12. The minimum Gasteiger partial charge on any atom is -0.495 e. The smallest absolute Gasteiger partial charge is 0.241 e. The second-order valence-corrected chi connectivity index (χ2v) is 7.96. The number of benzene rings is 3. The molecule has 0 spiro atoms. The van der Waals surface area contributed by atoms with E-state index in [9.17, 15) is 14.0 Å². The van der Waals surface area contributed by atoms with Crippen molar-refractivity contribution >= 4 is 17.4 Å². The summed E-state index contributed by atoms with van der Waals surface area (Å²) in [5.41, 5.74) is 1.68. The first-order chi connectivity index (χ1) is 14.9. The lowest BCUT2D eigenvalue weighted by molar-refractivity contribution is -0.123. The van der Waals surface area contributed by atoms with Gasteiger partial charge in [0.25, 0.3) is 0 Å². The summed E-state index contributed by atoms with van der Waals surface area (Å²) in [4.78, 5) is 29.2. The molecule has 3 aromatic rings. The molecule has 1 aliphatic rings. The number of carbonyl (C=O) groups excluding carboxylic acids is 2. The third-order valence-corrected chi connectivity index (χ3v) is 5.96. The van der Waals surface area contributed by atoms with E-state index < -0.39 is 5.41 Å². The molecule has 1 atom stereocenters. The first kappa shape index (κ1) is 20.8. The Morgan fingerprint density at radius 3 is 2.39 bits per heavy atom. The molecule has 0 radical (unpaired) electrons. The van der Waals surface area contributed by atoms with Gasteiger partial charge in [-0.15, -0.1) is 0 Å². The van der Waals surface area contributed by atoms with E-state index in [2.05, 4.69) is 0 Å². The molecular weight excluding hydrogens is 393 g/mol. The second kappa shape index (κ2) is 8.34. The lowest BCUT2D eigenvalue weighted by atomic mass is 9.74. The van der Waals surface area contributed by atoms with Crippen molar-refractivity contribution in [3.8, 4) is 5.75 Å². The third kappa shape index (κ3) is 3.83. The number of rotatable bonds is 6. The second-order valence-electron chi connectivity index (χ2n) is 7.96. The van der Waals surface area contributed by atoms with Crippen LogP contribution in [0.15, 0.2) is 72.8 Å². The van der Waals surface area contributed by atoms with Crippen molar-refractivity contribution in [2.45, 2.75) is 19.8 Å². The zero-order valence-corrected chi connectivity index (χ0v) is 17.6. The van der Waals surface area contributed by atoms with Crippen molar-refractivity contribution in [1.29, 1.82) is 0 Å². The standard InChI is InChI=1S/C26H24FNO3/c1-18-7-11-20(12-8-18)24(29)26(17-19-9-13-21(27)14-10-19)15-16-28(25(26)30)22-5-3-4-6-23(22)31-2/h3-14H,15-17H2,1-2H3/t26-/m1/s1. The highest BCUT2D eigenvalue weighted by atomic mass is 19.1. The maximum absolute atomic E-state index is 13.8. The fraction of sp³-hybridized carbons (Fsp3) is 0.231. The van der Waals surface area contributed by atoms with Gasteiger partial charge in [0, 0.05) is 12.1 Å². The van der Waals surface area contributed by atoms with Gasteiger partial charge in [-0.1, -0.05) is 54.1 Å². The Kier molecular flexibility index (Phi) is 5.59. The summed E-state index contributed by atoms with van der Waals surface area (Å²) in [6.45, 7) is 2.35. The van der Waals surface area contributed by atoms with Crippen LogP contribution in [-0.4, -0.2) is 25.3 Å². The van der Waals surface area contributed by atoms with Crippen molar-refractivity contribution in [1.82, 2.24) is 0 Å². The number of nitrogens with zero attached hydrogens (tertiary/aromatic N) is 1. The number of ketones is 1. The van der Waals surface area contributed by atoms with Gasteiger partial charge < -0.3 is 9.64 Å². The van der Waals surface area contributed by atoms with Crippen LogP contribution in [0.4, 0.5) is 10.1 Å². The first-order valence-corrected chi connectivity index (χ1v) is 10.3. The fourth-order valence-electron chi connectivity index (χ4n) is 4.24. The van der Waals surface area contributed by atoms with E-state index >= 15 is 0 Å². The minimum atomic E-state index is -1.26. The van der Waals surface area contributed by atoms with Crippen LogP contribution in [0.25, 0.3) is 0 Å². The molecule has 0 aromatic heterocycles. The molecule has 158 valence electrons. The Morgan fingerprint density at radius 2 is 1.71 bits per heavy atom. The topological polar surface area (TPSA) is 46.6 Å². The minimum absolute atomic E-state index is 0.209. The zero-order valence-electron chi connectivity index (χ0n) is 17.6. The van der Waals surface area contributed by atoms with Gasteiger partial charge in [0.2, 0.25) is 5.91 Å². The number of para-hydroxylation sites is 2. The van der Waals surface area contributed by atoms with Crippen LogP contribution in [0.3, 0.4) is 0 Å². The highest BCUT2D eigenvalue weighted by molar-refractivity contribution is 6.20. The van der Waals surface area contributed by atoms with E-state index in [0.29, 0.717) is 30.0 Å². The summed E-state index contributed by atoms with van der Waals surface area (Å²) in [6.07, 6.45) is 0.582. The Hall–Kier alpha value is -3.47. The molecule has 0 N–H and O–H groups in total. The van der Waals surface area contributed by atoms with Crippen molar-refractivity contribution in [2.24, 2.45) is 5.41 Å². The number of methoxy groups -OCH3 is 1. The van der Waals surface area contributed by atoms with Crippen LogP contribution in [0.2, 0.25) is 0 Å². The maximum Gasteiger partial charge on any atom is 0.241 e. The van der Waals surface area contributed by atoms with Gasteiger partial charge >= 0.3 is 0 Å². The lowest BCUT2D eigenvalue weighted by Gasteiger charge is -2.27. The molecule has 0 aliphatic carbocycles. The van der Waals surface area contributed by atoms with E-state index in [4.69, 9.17) is 4.74 Å². The number of aryl methyl sites for hydroxylation is 1. The lowest BCUT2D eigenvalue weighted by Crippen LogP contribution is -2.42. The molecule has 1 fully saturated rings.